The summed E-state index contributed by atoms with van der Waals surface area (Å²) in [6.45, 7) is 3.84. The summed E-state index contributed by atoms with van der Waals surface area (Å²) >= 11 is 3.39. The summed E-state index contributed by atoms with van der Waals surface area (Å²) in [4.78, 5) is 12.5. The van der Waals surface area contributed by atoms with Crippen molar-refractivity contribution in [1.82, 2.24) is 4.72 Å². The number of aryl methyl sites for hydroxylation is 1. The number of halogens is 1. The molecule has 1 aliphatic carbocycles. The van der Waals surface area contributed by atoms with Crippen LogP contribution in [0.1, 0.15) is 30.4 Å². The first-order valence-electron chi connectivity index (χ1n) is 8.49. The molecule has 0 saturated heterocycles. The number of para-hydroxylation sites is 1. The van der Waals surface area contributed by atoms with Crippen molar-refractivity contribution >= 4 is 37.7 Å². The molecular formula is C19H21BrN2O3S. The highest BCUT2D eigenvalue weighted by molar-refractivity contribution is 9.10. The van der Waals surface area contributed by atoms with Crippen LogP contribution in [0.15, 0.2) is 53.0 Å². The molecule has 1 amide bonds. The number of carbonyl (C=O) groups is 1. The summed E-state index contributed by atoms with van der Waals surface area (Å²) in [5.41, 5.74) is 2.47. The quantitative estimate of drug-likeness (QED) is 0.749. The van der Waals surface area contributed by atoms with E-state index in [0.29, 0.717) is 12.1 Å². The van der Waals surface area contributed by atoms with Crippen LogP contribution in [0.25, 0.3) is 0 Å². The van der Waals surface area contributed by atoms with Crippen molar-refractivity contribution in [1.29, 1.82) is 0 Å². The van der Waals surface area contributed by atoms with E-state index in [1.807, 2.05) is 43.3 Å². The van der Waals surface area contributed by atoms with Gasteiger partial charge in [-0.1, -0.05) is 46.3 Å². The summed E-state index contributed by atoms with van der Waals surface area (Å²) < 4.78 is 29.9. The lowest BCUT2D eigenvalue weighted by Crippen LogP contribution is -2.44. The Labute approximate surface area is 162 Å². The lowest BCUT2D eigenvalue weighted by Gasteiger charge is -2.24. The first-order valence-corrected chi connectivity index (χ1v) is 10.7. The molecule has 1 aliphatic rings. The molecule has 138 valence electrons. The molecule has 0 unspecified atom stereocenters. The highest BCUT2D eigenvalue weighted by Gasteiger charge is 2.45. The van der Waals surface area contributed by atoms with Gasteiger partial charge in [0.05, 0.1) is 5.69 Å². The topological polar surface area (TPSA) is 66.5 Å². The van der Waals surface area contributed by atoms with Crippen molar-refractivity contribution in [2.24, 2.45) is 5.92 Å². The number of hydrogen-bond acceptors (Lipinski definition) is 3. The average Bonchev–Trinajstić information content (AvgIpc) is 3.38. The van der Waals surface area contributed by atoms with E-state index >= 15 is 0 Å². The Hall–Kier alpha value is -1.86. The molecule has 0 heterocycles. The van der Waals surface area contributed by atoms with E-state index in [-0.39, 0.29) is 18.4 Å². The van der Waals surface area contributed by atoms with E-state index < -0.39 is 16.1 Å². The smallest absolute Gasteiger partial charge is 0.274 e. The fraction of sp³-hybridized carbons (Fsp3) is 0.316. The van der Waals surface area contributed by atoms with Gasteiger partial charge in [0, 0.05) is 16.9 Å². The van der Waals surface area contributed by atoms with Crippen molar-refractivity contribution in [3.8, 4) is 0 Å². The standard InChI is InChI=1S/C19H21BrN2O3S/c1-3-22(18-7-5-4-6-13(18)2)26(24,25)21-19(23)17-12-16(17)14-8-10-15(20)11-9-14/h4-11,16-17H,3,12H2,1-2H3,(H,21,23)/t16-,17+/m0/s1. The molecule has 5 nitrogen and oxygen atoms in total. The molecule has 0 aromatic heterocycles. The maximum Gasteiger partial charge on any atom is 0.326 e. The zero-order valence-electron chi connectivity index (χ0n) is 14.6. The number of benzene rings is 2. The molecule has 0 aliphatic heterocycles. The minimum absolute atomic E-state index is 0.0758. The minimum atomic E-state index is -3.94. The normalized spacial score (nSPS) is 19.0. The van der Waals surface area contributed by atoms with Gasteiger partial charge in [0.25, 0.3) is 0 Å². The monoisotopic (exact) mass is 436 g/mol. The summed E-state index contributed by atoms with van der Waals surface area (Å²) in [5, 5.41) is 0. The Morgan fingerprint density at radius 2 is 1.85 bits per heavy atom. The number of anilines is 1. The van der Waals surface area contributed by atoms with Gasteiger partial charge >= 0.3 is 10.2 Å². The van der Waals surface area contributed by atoms with Gasteiger partial charge in [-0.25, -0.2) is 4.72 Å². The fourth-order valence-electron chi connectivity index (χ4n) is 3.13. The molecule has 1 fully saturated rings. The first-order chi connectivity index (χ1) is 12.3. The molecule has 0 radical (unpaired) electrons. The molecule has 2 aromatic carbocycles. The molecule has 2 atom stereocenters. The molecule has 0 bridgehead atoms. The van der Waals surface area contributed by atoms with Gasteiger partial charge in [0.15, 0.2) is 0 Å². The van der Waals surface area contributed by atoms with Crippen LogP contribution in [0.3, 0.4) is 0 Å². The number of nitrogens with zero attached hydrogens (tertiary/aromatic N) is 1. The first kappa shape index (κ1) is 18.9. The third kappa shape index (κ3) is 3.94. The zero-order chi connectivity index (χ0) is 18.9. The van der Waals surface area contributed by atoms with Crippen LogP contribution in [0.5, 0.6) is 0 Å². The predicted octanol–water partition coefficient (Wildman–Crippen LogP) is 3.75. The minimum Gasteiger partial charge on any atom is -0.274 e. The van der Waals surface area contributed by atoms with Crippen LogP contribution in [0.4, 0.5) is 5.69 Å². The maximum atomic E-state index is 12.7. The van der Waals surface area contributed by atoms with Gasteiger partial charge in [-0.3, -0.25) is 9.10 Å². The van der Waals surface area contributed by atoms with E-state index in [0.717, 1.165) is 15.6 Å². The molecule has 2 aromatic rings. The maximum absolute atomic E-state index is 12.7. The second-order valence-corrected chi connectivity index (χ2v) is 8.93. The Morgan fingerprint density at radius 3 is 2.46 bits per heavy atom. The Kier molecular flexibility index (Phi) is 5.39. The SMILES string of the molecule is CCN(c1ccccc1C)S(=O)(=O)NC(=O)[C@@H]1C[C@H]1c1ccc(Br)cc1. The van der Waals surface area contributed by atoms with Crippen LogP contribution in [-0.4, -0.2) is 20.9 Å². The summed E-state index contributed by atoms with van der Waals surface area (Å²) in [6.07, 6.45) is 0.666. The lowest BCUT2D eigenvalue weighted by atomic mass is 10.1. The molecule has 1 N–H and O–H groups in total. The highest BCUT2D eigenvalue weighted by Crippen LogP contribution is 2.47. The van der Waals surface area contributed by atoms with Gasteiger partial charge in [-0.05, 0) is 55.5 Å². The molecule has 0 spiro atoms. The number of rotatable bonds is 6. The molecular weight excluding hydrogens is 416 g/mol. The van der Waals surface area contributed by atoms with Gasteiger partial charge in [0.1, 0.15) is 0 Å². The summed E-state index contributed by atoms with van der Waals surface area (Å²) in [7, 11) is -3.94. The van der Waals surface area contributed by atoms with Crippen molar-refractivity contribution in [3.63, 3.8) is 0 Å². The number of nitrogens with one attached hydrogen (secondary N) is 1. The Morgan fingerprint density at radius 1 is 1.19 bits per heavy atom. The lowest BCUT2D eigenvalue weighted by molar-refractivity contribution is -0.120. The second kappa shape index (κ2) is 7.40. The van der Waals surface area contributed by atoms with E-state index in [1.54, 1.807) is 19.1 Å². The van der Waals surface area contributed by atoms with E-state index in [9.17, 15) is 13.2 Å². The van der Waals surface area contributed by atoms with Gasteiger partial charge in [0.2, 0.25) is 5.91 Å². The molecule has 26 heavy (non-hydrogen) atoms. The van der Waals surface area contributed by atoms with Crippen molar-refractivity contribution in [2.45, 2.75) is 26.2 Å². The Bertz CT molecular complexity index is 913. The third-order valence-corrected chi connectivity index (χ3v) is 6.64. The van der Waals surface area contributed by atoms with Gasteiger partial charge in [-0.15, -0.1) is 0 Å². The highest BCUT2D eigenvalue weighted by atomic mass is 79.9. The van der Waals surface area contributed by atoms with Crippen molar-refractivity contribution in [3.05, 3.63) is 64.1 Å². The summed E-state index contributed by atoms with van der Waals surface area (Å²) in [6, 6.07) is 15.0. The largest absolute Gasteiger partial charge is 0.326 e. The van der Waals surface area contributed by atoms with Crippen molar-refractivity contribution < 1.29 is 13.2 Å². The van der Waals surface area contributed by atoms with Crippen LogP contribution in [0.2, 0.25) is 0 Å². The van der Waals surface area contributed by atoms with Gasteiger partial charge < -0.3 is 0 Å². The van der Waals surface area contributed by atoms with Crippen LogP contribution >= 0.6 is 15.9 Å². The van der Waals surface area contributed by atoms with Crippen LogP contribution < -0.4 is 9.03 Å². The number of amides is 1. The number of carbonyl (C=O) groups excluding carboxylic acids is 1. The van der Waals surface area contributed by atoms with Crippen LogP contribution in [0, 0.1) is 12.8 Å². The van der Waals surface area contributed by atoms with E-state index in [4.69, 9.17) is 0 Å². The van der Waals surface area contributed by atoms with E-state index in [1.165, 1.54) is 4.31 Å². The fourth-order valence-corrected chi connectivity index (χ4v) is 4.72. The number of hydrogen-bond donors (Lipinski definition) is 1. The Balaban J connectivity index is 1.72. The second-order valence-electron chi connectivity index (χ2n) is 6.42. The average molecular weight is 437 g/mol. The van der Waals surface area contributed by atoms with Crippen molar-refractivity contribution in [2.75, 3.05) is 10.8 Å². The molecule has 7 heteroatoms. The van der Waals surface area contributed by atoms with Crippen LogP contribution in [-0.2, 0) is 15.0 Å². The van der Waals surface area contributed by atoms with E-state index in [2.05, 4.69) is 20.7 Å². The molecule has 1 saturated carbocycles. The molecule has 3 rings (SSSR count). The van der Waals surface area contributed by atoms with Gasteiger partial charge in [-0.2, -0.15) is 8.42 Å². The summed E-state index contributed by atoms with van der Waals surface area (Å²) in [5.74, 6) is -0.668. The zero-order valence-corrected chi connectivity index (χ0v) is 17.0. The predicted molar refractivity (Wildman–Crippen MR) is 106 cm³/mol. The third-order valence-electron chi connectivity index (χ3n) is 4.62.